The van der Waals surface area contributed by atoms with Crippen molar-refractivity contribution in [2.75, 3.05) is 26.0 Å². The lowest BCUT2D eigenvalue weighted by molar-refractivity contribution is 0.171. The third-order valence-corrected chi connectivity index (χ3v) is 1.47. The molecule has 0 fully saturated rings. The van der Waals surface area contributed by atoms with Crippen molar-refractivity contribution in [3.05, 3.63) is 5.89 Å². The van der Waals surface area contributed by atoms with Crippen LogP contribution in [-0.2, 0) is 11.2 Å². The Labute approximate surface area is 80.8 Å². The summed E-state index contributed by atoms with van der Waals surface area (Å²) in [5, 5.41) is 12.6. The minimum absolute atomic E-state index is 0.359. The molecule has 0 aliphatic rings. The van der Waals surface area contributed by atoms with Crippen LogP contribution in [0.1, 0.15) is 5.89 Å². The van der Waals surface area contributed by atoms with Crippen LogP contribution in [0.4, 0.5) is 10.8 Å². The molecule has 0 saturated heterocycles. The van der Waals surface area contributed by atoms with Gasteiger partial charge in [0.15, 0.2) is 0 Å². The van der Waals surface area contributed by atoms with E-state index in [9.17, 15) is 4.79 Å². The van der Waals surface area contributed by atoms with Crippen molar-refractivity contribution in [3.8, 4) is 0 Å². The van der Waals surface area contributed by atoms with Gasteiger partial charge in [-0.15, -0.1) is 5.10 Å². The van der Waals surface area contributed by atoms with E-state index in [1.54, 1.807) is 7.05 Å². The second-order valence-electron chi connectivity index (χ2n) is 2.42. The first kappa shape index (κ1) is 10.3. The van der Waals surface area contributed by atoms with Crippen LogP contribution in [-0.4, -0.2) is 37.0 Å². The first-order valence-electron chi connectivity index (χ1n) is 4.08. The lowest BCUT2D eigenvalue weighted by Crippen LogP contribution is -2.25. The largest absolute Gasteiger partial charge is 0.453 e. The molecule has 1 rings (SSSR count). The molecule has 1 heterocycles. The molecule has 1 aromatic rings. The molecule has 0 aromatic carbocycles. The van der Waals surface area contributed by atoms with Crippen LogP contribution in [0.2, 0.25) is 0 Å². The number of ether oxygens (including phenoxy) is 1. The number of aromatic nitrogens is 2. The van der Waals surface area contributed by atoms with Crippen LogP contribution >= 0.6 is 0 Å². The lowest BCUT2D eigenvalue weighted by Gasteiger charge is -1.99. The quantitative estimate of drug-likeness (QED) is 0.711. The van der Waals surface area contributed by atoms with Crippen LogP contribution in [0.25, 0.3) is 0 Å². The second kappa shape index (κ2) is 5.05. The van der Waals surface area contributed by atoms with E-state index in [1.165, 1.54) is 7.11 Å². The number of carbonyl (C=O) groups is 1. The first-order valence-corrected chi connectivity index (χ1v) is 4.08. The Morgan fingerprint density at radius 3 is 2.93 bits per heavy atom. The van der Waals surface area contributed by atoms with Gasteiger partial charge in [0.1, 0.15) is 0 Å². The van der Waals surface area contributed by atoms with Crippen LogP contribution in [0, 0.1) is 0 Å². The maximum absolute atomic E-state index is 10.7. The van der Waals surface area contributed by atoms with Crippen LogP contribution in [0.5, 0.6) is 0 Å². The molecule has 0 unspecified atom stereocenters. The van der Waals surface area contributed by atoms with Crippen molar-refractivity contribution in [1.29, 1.82) is 0 Å². The maximum Gasteiger partial charge on any atom is 0.406 e. The summed E-state index contributed by atoms with van der Waals surface area (Å²) < 4.78 is 9.51. The molecule has 0 radical (unpaired) electrons. The lowest BCUT2D eigenvalue weighted by atomic mass is 10.4. The number of amides is 1. The minimum Gasteiger partial charge on any atom is -0.453 e. The van der Waals surface area contributed by atoms with Crippen molar-refractivity contribution < 1.29 is 13.9 Å². The van der Waals surface area contributed by atoms with Gasteiger partial charge in [-0.25, -0.2) is 4.79 Å². The highest BCUT2D eigenvalue weighted by Gasteiger charge is 2.04. The molecular formula is C7H12N4O3. The molecule has 0 aliphatic carbocycles. The molecule has 0 aliphatic heterocycles. The van der Waals surface area contributed by atoms with Gasteiger partial charge < -0.3 is 19.8 Å². The maximum atomic E-state index is 10.7. The van der Waals surface area contributed by atoms with Gasteiger partial charge in [0, 0.05) is 20.0 Å². The van der Waals surface area contributed by atoms with E-state index in [-0.39, 0.29) is 0 Å². The second-order valence-corrected chi connectivity index (χ2v) is 2.42. The third-order valence-electron chi connectivity index (χ3n) is 1.47. The van der Waals surface area contributed by atoms with Crippen molar-refractivity contribution >= 4 is 12.1 Å². The fraction of sp³-hybridized carbons (Fsp3) is 0.571. The number of hydrogen-bond donors (Lipinski definition) is 2. The molecule has 0 saturated carbocycles. The molecule has 2 N–H and O–H groups in total. The summed E-state index contributed by atoms with van der Waals surface area (Å²) in [6.07, 6.45) is 0.00223. The Balaban J connectivity index is 2.27. The van der Waals surface area contributed by atoms with E-state index in [2.05, 4.69) is 25.6 Å². The zero-order valence-corrected chi connectivity index (χ0v) is 8.03. The molecule has 0 atom stereocenters. The van der Waals surface area contributed by atoms with Gasteiger partial charge in [-0.05, 0) is 0 Å². The zero-order chi connectivity index (χ0) is 10.4. The number of alkyl carbamates (subject to hydrolysis) is 1. The number of methoxy groups -OCH3 is 1. The highest BCUT2D eigenvalue weighted by atomic mass is 16.5. The van der Waals surface area contributed by atoms with Gasteiger partial charge in [0.05, 0.1) is 7.11 Å². The Kier molecular flexibility index (Phi) is 3.71. The number of rotatable bonds is 4. The minimum atomic E-state index is -0.474. The molecule has 1 amide bonds. The van der Waals surface area contributed by atoms with Crippen LogP contribution in [0.15, 0.2) is 4.42 Å². The molecule has 78 valence electrons. The number of anilines is 1. The number of nitrogens with zero attached hydrogens (tertiary/aromatic N) is 2. The SMILES string of the molecule is CNc1nnc(CCNC(=O)OC)o1. The molecular weight excluding hydrogens is 188 g/mol. The highest BCUT2D eigenvalue weighted by Crippen LogP contribution is 2.03. The first-order chi connectivity index (χ1) is 6.76. The number of hydrogen-bond acceptors (Lipinski definition) is 6. The van der Waals surface area contributed by atoms with Gasteiger partial charge in [0.25, 0.3) is 0 Å². The van der Waals surface area contributed by atoms with Gasteiger partial charge >= 0.3 is 12.1 Å². The Bertz CT molecular complexity index is 299. The predicted octanol–water partition coefficient (Wildman–Crippen LogP) is 0.00980. The van der Waals surface area contributed by atoms with Crippen molar-refractivity contribution in [2.45, 2.75) is 6.42 Å². The van der Waals surface area contributed by atoms with E-state index in [1.807, 2.05) is 0 Å². The summed E-state index contributed by atoms with van der Waals surface area (Å²) in [6, 6.07) is 0.359. The summed E-state index contributed by atoms with van der Waals surface area (Å²) in [5.74, 6) is 0.464. The third kappa shape index (κ3) is 2.92. The summed E-state index contributed by atoms with van der Waals surface area (Å²) in [4.78, 5) is 10.7. The molecule has 1 aromatic heterocycles. The highest BCUT2D eigenvalue weighted by molar-refractivity contribution is 5.66. The van der Waals surface area contributed by atoms with E-state index in [0.717, 1.165) is 0 Å². The van der Waals surface area contributed by atoms with E-state index in [0.29, 0.717) is 24.9 Å². The average molecular weight is 200 g/mol. The average Bonchev–Trinajstić information content (AvgIpc) is 2.65. The topological polar surface area (TPSA) is 89.3 Å². The van der Waals surface area contributed by atoms with Crippen molar-refractivity contribution in [3.63, 3.8) is 0 Å². The van der Waals surface area contributed by atoms with E-state index in [4.69, 9.17) is 4.42 Å². The Morgan fingerprint density at radius 1 is 1.57 bits per heavy atom. The normalized spacial score (nSPS) is 9.57. The van der Waals surface area contributed by atoms with Crippen LogP contribution in [0.3, 0.4) is 0 Å². The summed E-state index contributed by atoms with van der Waals surface area (Å²) in [5.41, 5.74) is 0. The number of carbonyl (C=O) groups excluding carboxylic acids is 1. The van der Waals surface area contributed by atoms with Gasteiger partial charge in [-0.2, -0.15) is 0 Å². The zero-order valence-electron chi connectivity index (χ0n) is 8.03. The van der Waals surface area contributed by atoms with Gasteiger partial charge in [0.2, 0.25) is 5.89 Å². The standard InChI is InChI=1S/C7H12N4O3/c1-8-6-11-10-5(14-6)3-4-9-7(12)13-2/h3-4H2,1-2H3,(H,8,11)(H,9,12). The molecule has 7 nitrogen and oxygen atoms in total. The molecule has 14 heavy (non-hydrogen) atoms. The summed E-state index contributed by atoms with van der Waals surface area (Å²) >= 11 is 0. The van der Waals surface area contributed by atoms with Crippen molar-refractivity contribution in [1.82, 2.24) is 15.5 Å². The molecule has 7 heteroatoms. The number of nitrogens with one attached hydrogen (secondary N) is 2. The Hall–Kier alpha value is -1.79. The molecule has 0 spiro atoms. The van der Waals surface area contributed by atoms with E-state index < -0.39 is 6.09 Å². The van der Waals surface area contributed by atoms with Gasteiger partial charge in [-0.3, -0.25) is 0 Å². The Morgan fingerprint density at radius 2 is 2.36 bits per heavy atom. The fourth-order valence-electron chi connectivity index (χ4n) is 0.799. The summed E-state index contributed by atoms with van der Waals surface area (Å²) in [6.45, 7) is 0.401. The molecule has 0 bridgehead atoms. The van der Waals surface area contributed by atoms with E-state index >= 15 is 0 Å². The van der Waals surface area contributed by atoms with Gasteiger partial charge in [-0.1, -0.05) is 5.10 Å². The predicted molar refractivity (Wildman–Crippen MR) is 48.0 cm³/mol. The van der Waals surface area contributed by atoms with Crippen molar-refractivity contribution in [2.24, 2.45) is 0 Å². The monoisotopic (exact) mass is 200 g/mol. The summed E-state index contributed by atoms with van der Waals surface area (Å²) in [7, 11) is 2.99. The fourth-order valence-corrected chi connectivity index (χ4v) is 0.799. The van der Waals surface area contributed by atoms with Crippen LogP contribution < -0.4 is 10.6 Å². The smallest absolute Gasteiger partial charge is 0.406 e.